The smallest absolute Gasteiger partial charge is 0.408 e. The number of alkyl carbamates (subject to hydrolysis) is 1. The minimum absolute atomic E-state index is 0.116. The lowest BCUT2D eigenvalue weighted by atomic mass is 10.1. The topological polar surface area (TPSA) is 85.2 Å². The zero-order chi connectivity index (χ0) is 23.0. The van der Waals surface area contributed by atoms with Crippen molar-refractivity contribution in [2.45, 2.75) is 51.7 Å². The van der Waals surface area contributed by atoms with Crippen LogP contribution in [-0.2, 0) is 11.3 Å². The maximum atomic E-state index is 15.2. The second-order valence-corrected chi connectivity index (χ2v) is 8.78. The molecule has 1 aliphatic rings. The fourth-order valence-electron chi connectivity index (χ4n) is 3.36. The average Bonchev–Trinajstić information content (AvgIpc) is 3.54. The van der Waals surface area contributed by atoms with Crippen molar-refractivity contribution in [2.75, 3.05) is 5.43 Å². The first kappa shape index (κ1) is 21.7. The van der Waals surface area contributed by atoms with Gasteiger partial charge in [-0.25, -0.2) is 23.2 Å². The van der Waals surface area contributed by atoms with E-state index in [4.69, 9.17) is 4.74 Å². The van der Waals surface area contributed by atoms with Gasteiger partial charge in [0.25, 0.3) is 5.56 Å². The number of aromatic nitrogens is 2. The van der Waals surface area contributed by atoms with E-state index in [0.717, 1.165) is 17.5 Å². The fraction of sp³-hybridized carbons (Fsp3) is 0.348. The third-order valence-corrected chi connectivity index (χ3v) is 4.97. The van der Waals surface area contributed by atoms with E-state index in [9.17, 15) is 14.0 Å². The summed E-state index contributed by atoms with van der Waals surface area (Å²) in [5, 5.41) is 2.43. The van der Waals surface area contributed by atoms with Crippen molar-refractivity contribution >= 4 is 22.7 Å². The van der Waals surface area contributed by atoms with Crippen molar-refractivity contribution in [1.29, 1.82) is 0 Å². The predicted octanol–water partition coefficient (Wildman–Crippen LogP) is 4.45. The van der Waals surface area contributed by atoms with E-state index >= 15 is 4.39 Å². The van der Waals surface area contributed by atoms with E-state index in [0.29, 0.717) is 11.3 Å². The molecule has 1 heterocycles. The molecule has 0 spiro atoms. The summed E-state index contributed by atoms with van der Waals surface area (Å²) >= 11 is 0. The van der Waals surface area contributed by atoms with Crippen molar-refractivity contribution in [3.8, 4) is 0 Å². The lowest BCUT2D eigenvalue weighted by Gasteiger charge is -2.20. The number of hydrogen-bond acceptors (Lipinski definition) is 5. The minimum Gasteiger partial charge on any atom is -0.444 e. The zero-order valence-corrected chi connectivity index (χ0v) is 18.0. The van der Waals surface area contributed by atoms with Gasteiger partial charge in [-0.3, -0.25) is 10.2 Å². The van der Waals surface area contributed by atoms with Crippen LogP contribution in [0.1, 0.15) is 50.9 Å². The number of nitrogens with one attached hydrogen (secondary N) is 2. The molecule has 0 bridgehead atoms. The molecular weight excluding hydrogens is 418 g/mol. The molecule has 168 valence electrons. The van der Waals surface area contributed by atoms with Crippen LogP contribution in [0.15, 0.2) is 41.2 Å². The summed E-state index contributed by atoms with van der Waals surface area (Å²) in [6.07, 6.45) is 1.08. The van der Waals surface area contributed by atoms with Crippen molar-refractivity contribution in [3.63, 3.8) is 0 Å². The van der Waals surface area contributed by atoms with Gasteiger partial charge >= 0.3 is 6.09 Å². The van der Waals surface area contributed by atoms with Crippen molar-refractivity contribution in [2.24, 2.45) is 0 Å². The fourth-order valence-corrected chi connectivity index (χ4v) is 3.36. The third kappa shape index (κ3) is 4.71. The van der Waals surface area contributed by atoms with Crippen LogP contribution in [0, 0.1) is 11.6 Å². The van der Waals surface area contributed by atoms with Gasteiger partial charge in [0.2, 0.25) is 0 Å². The van der Waals surface area contributed by atoms with Crippen LogP contribution in [0.3, 0.4) is 0 Å². The highest BCUT2D eigenvalue weighted by Gasteiger charge is 2.29. The molecule has 9 heteroatoms. The number of carbonyl (C=O) groups is 1. The first-order valence-electron chi connectivity index (χ1n) is 10.4. The standard InChI is InChI=1S/C23H24F2N4O3/c1-23(2,3)32-22(31)26-12-18-27-17-11-10-16(13-4-5-13)20(25)19(17)21(30)29(18)28-15-8-6-14(24)7-9-15/h6-11,13,28H,4-5,12H2,1-3H3,(H,26,31). The predicted molar refractivity (Wildman–Crippen MR) is 116 cm³/mol. The Morgan fingerprint density at radius 2 is 1.84 bits per heavy atom. The highest BCUT2D eigenvalue weighted by Crippen LogP contribution is 2.42. The minimum atomic E-state index is -0.699. The van der Waals surface area contributed by atoms with Crippen LogP contribution in [0.5, 0.6) is 0 Å². The summed E-state index contributed by atoms with van der Waals surface area (Å²) in [6, 6.07) is 8.61. The summed E-state index contributed by atoms with van der Waals surface area (Å²) in [5.41, 5.74) is 2.58. The number of hydrogen-bond donors (Lipinski definition) is 2. The van der Waals surface area contributed by atoms with Gasteiger partial charge in [0.05, 0.1) is 17.7 Å². The summed E-state index contributed by atoms with van der Waals surface area (Å²) in [6.45, 7) is 5.04. The van der Waals surface area contributed by atoms with E-state index < -0.39 is 28.9 Å². The number of fused-ring (bicyclic) bond motifs is 1. The molecule has 0 aliphatic heterocycles. The lowest BCUT2D eigenvalue weighted by Crippen LogP contribution is -2.37. The van der Waals surface area contributed by atoms with Crippen LogP contribution >= 0.6 is 0 Å². The van der Waals surface area contributed by atoms with Gasteiger partial charge in [0.15, 0.2) is 5.82 Å². The number of benzene rings is 2. The summed E-state index contributed by atoms with van der Waals surface area (Å²) < 4.78 is 34.8. The molecule has 7 nitrogen and oxygen atoms in total. The summed E-state index contributed by atoms with van der Waals surface area (Å²) in [7, 11) is 0. The molecule has 2 aromatic carbocycles. The normalized spacial score (nSPS) is 13.8. The Bertz CT molecular complexity index is 1230. The molecular formula is C23H24F2N4O3. The average molecular weight is 442 g/mol. The molecule has 1 aromatic heterocycles. The molecule has 0 atom stereocenters. The van der Waals surface area contributed by atoms with Crippen LogP contribution in [0.2, 0.25) is 0 Å². The monoisotopic (exact) mass is 442 g/mol. The number of ether oxygens (including phenoxy) is 1. The molecule has 0 radical (unpaired) electrons. The summed E-state index contributed by atoms with van der Waals surface area (Å²) in [4.78, 5) is 29.8. The van der Waals surface area contributed by atoms with E-state index in [1.54, 1.807) is 32.9 Å². The molecule has 1 amide bonds. The Kier molecular flexibility index (Phi) is 5.58. The third-order valence-electron chi connectivity index (χ3n) is 4.97. The van der Waals surface area contributed by atoms with Gasteiger partial charge in [-0.05, 0) is 75.4 Å². The van der Waals surface area contributed by atoms with Crippen molar-refractivity contribution in [1.82, 2.24) is 15.0 Å². The Balaban J connectivity index is 1.76. The van der Waals surface area contributed by atoms with Gasteiger partial charge in [-0.2, -0.15) is 0 Å². The van der Waals surface area contributed by atoms with Gasteiger partial charge in [0, 0.05) is 0 Å². The highest BCUT2D eigenvalue weighted by atomic mass is 19.1. The number of rotatable bonds is 5. The Morgan fingerprint density at radius 3 is 2.47 bits per heavy atom. The zero-order valence-electron chi connectivity index (χ0n) is 18.0. The largest absolute Gasteiger partial charge is 0.444 e. The van der Waals surface area contributed by atoms with Crippen molar-refractivity contribution in [3.05, 3.63) is 69.8 Å². The molecule has 0 saturated heterocycles. The number of halogens is 2. The van der Waals surface area contributed by atoms with Gasteiger partial charge in [0.1, 0.15) is 22.6 Å². The van der Waals surface area contributed by atoms with E-state index in [1.165, 1.54) is 24.3 Å². The SMILES string of the molecule is CC(C)(C)OC(=O)NCc1nc2ccc(C3CC3)c(F)c2c(=O)n1Nc1ccc(F)cc1. The first-order valence-corrected chi connectivity index (χ1v) is 10.4. The Morgan fingerprint density at radius 1 is 1.16 bits per heavy atom. The molecule has 4 rings (SSSR count). The van der Waals surface area contributed by atoms with Gasteiger partial charge in [-0.1, -0.05) is 6.07 Å². The second-order valence-electron chi connectivity index (χ2n) is 8.78. The maximum absolute atomic E-state index is 15.2. The maximum Gasteiger partial charge on any atom is 0.408 e. The molecule has 3 aromatic rings. The first-order chi connectivity index (χ1) is 15.1. The number of carbonyl (C=O) groups excluding carboxylic acids is 1. The van der Waals surface area contributed by atoms with Crippen LogP contribution in [-0.4, -0.2) is 21.4 Å². The van der Waals surface area contributed by atoms with Crippen LogP contribution < -0.4 is 16.3 Å². The Hall–Kier alpha value is -3.49. The van der Waals surface area contributed by atoms with Gasteiger partial charge < -0.3 is 10.1 Å². The second kappa shape index (κ2) is 8.22. The summed E-state index contributed by atoms with van der Waals surface area (Å²) in [5.74, 6) is -0.766. The number of amides is 1. The lowest BCUT2D eigenvalue weighted by molar-refractivity contribution is 0.0521. The quantitative estimate of drug-likeness (QED) is 0.610. The molecule has 2 N–H and O–H groups in total. The van der Waals surface area contributed by atoms with E-state index in [1.807, 2.05) is 0 Å². The van der Waals surface area contributed by atoms with Crippen LogP contribution in [0.4, 0.5) is 19.3 Å². The van der Waals surface area contributed by atoms with Crippen molar-refractivity contribution < 1.29 is 18.3 Å². The highest BCUT2D eigenvalue weighted by molar-refractivity contribution is 5.80. The van der Waals surface area contributed by atoms with E-state index in [-0.39, 0.29) is 29.2 Å². The molecule has 32 heavy (non-hydrogen) atoms. The number of nitrogens with zero attached hydrogens (tertiary/aromatic N) is 2. The van der Waals surface area contributed by atoms with E-state index in [2.05, 4.69) is 15.7 Å². The number of anilines is 1. The molecule has 1 aliphatic carbocycles. The van der Waals surface area contributed by atoms with Gasteiger partial charge in [-0.15, -0.1) is 0 Å². The van der Waals surface area contributed by atoms with Crippen LogP contribution in [0.25, 0.3) is 10.9 Å². The molecule has 1 fully saturated rings. The Labute approximate surface area is 183 Å². The molecule has 1 saturated carbocycles. The molecule has 0 unspecified atom stereocenters.